The van der Waals surface area contributed by atoms with Crippen LogP contribution in [0.3, 0.4) is 0 Å². The third-order valence-electron chi connectivity index (χ3n) is 7.67. The Morgan fingerprint density at radius 1 is 1.17 bits per heavy atom. The maximum absolute atomic E-state index is 13.2. The minimum Gasteiger partial charge on any atom is -0.389 e. The maximum atomic E-state index is 13.2. The lowest BCUT2D eigenvalue weighted by Crippen LogP contribution is -2.68. The summed E-state index contributed by atoms with van der Waals surface area (Å²) in [6.07, 6.45) is 5.90. The van der Waals surface area contributed by atoms with Gasteiger partial charge in [-0.05, 0) is 48.9 Å². The quantitative estimate of drug-likeness (QED) is 0.727. The van der Waals surface area contributed by atoms with E-state index < -0.39 is 23.0 Å². The molecular weight excluding hydrogens is 288 g/mol. The summed E-state index contributed by atoms with van der Waals surface area (Å²) < 4.78 is 0. The molecule has 6 atom stereocenters. The number of Topliss-reactive ketones (excluding diaryl/α,β-unsaturated/α-hetero) is 1. The molecule has 0 aliphatic heterocycles. The van der Waals surface area contributed by atoms with Crippen molar-refractivity contribution in [3.8, 4) is 0 Å². The van der Waals surface area contributed by atoms with Gasteiger partial charge in [-0.2, -0.15) is 0 Å². The van der Waals surface area contributed by atoms with Gasteiger partial charge in [-0.15, -0.1) is 6.58 Å². The van der Waals surface area contributed by atoms with E-state index in [0.717, 1.165) is 19.3 Å². The van der Waals surface area contributed by atoms with Gasteiger partial charge in [0.2, 0.25) is 0 Å². The molecule has 23 heavy (non-hydrogen) atoms. The number of aliphatic hydroxyl groups is 2. The van der Waals surface area contributed by atoms with E-state index in [2.05, 4.69) is 27.4 Å². The molecule has 0 aromatic heterocycles. The van der Waals surface area contributed by atoms with Crippen LogP contribution >= 0.6 is 0 Å². The van der Waals surface area contributed by atoms with E-state index in [0.29, 0.717) is 18.8 Å². The molecule has 0 aromatic rings. The molecule has 3 nitrogen and oxygen atoms in total. The van der Waals surface area contributed by atoms with Crippen molar-refractivity contribution < 1.29 is 15.0 Å². The average molecular weight is 320 g/mol. The number of hydrogen-bond donors (Lipinski definition) is 2. The van der Waals surface area contributed by atoms with Gasteiger partial charge in [0.1, 0.15) is 6.10 Å². The molecule has 130 valence electrons. The first kappa shape index (κ1) is 17.2. The van der Waals surface area contributed by atoms with Crippen molar-refractivity contribution in [2.45, 2.75) is 77.9 Å². The first-order valence-corrected chi connectivity index (χ1v) is 9.08. The third kappa shape index (κ3) is 2.19. The zero-order valence-electron chi connectivity index (χ0n) is 15.1. The molecule has 3 rings (SSSR count). The fraction of sp³-hybridized carbons (Fsp3) is 0.850. The highest BCUT2D eigenvalue weighted by Crippen LogP contribution is 2.65. The Morgan fingerprint density at radius 3 is 2.43 bits per heavy atom. The Bertz CT molecular complexity index is 539. The molecule has 0 radical (unpaired) electrons. The predicted molar refractivity (Wildman–Crippen MR) is 90.8 cm³/mol. The van der Waals surface area contributed by atoms with Gasteiger partial charge < -0.3 is 10.2 Å². The number of hydrogen-bond acceptors (Lipinski definition) is 3. The van der Waals surface area contributed by atoms with E-state index in [4.69, 9.17) is 0 Å². The summed E-state index contributed by atoms with van der Waals surface area (Å²) in [5.41, 5.74) is -1.75. The second-order valence-electron chi connectivity index (χ2n) is 9.67. The number of ketones is 1. The smallest absolute Gasteiger partial charge is 0.168 e. The number of rotatable bonds is 1. The molecule has 3 heteroatoms. The average Bonchev–Trinajstić information content (AvgIpc) is 2.43. The van der Waals surface area contributed by atoms with Crippen molar-refractivity contribution in [2.75, 3.05) is 0 Å². The molecule has 2 N–H and O–H groups in total. The minimum absolute atomic E-state index is 0.161. The summed E-state index contributed by atoms with van der Waals surface area (Å²) in [6, 6.07) is 0. The summed E-state index contributed by atoms with van der Waals surface area (Å²) >= 11 is 0. The highest BCUT2D eigenvalue weighted by molar-refractivity contribution is 5.89. The van der Waals surface area contributed by atoms with Crippen molar-refractivity contribution in [2.24, 2.45) is 28.1 Å². The van der Waals surface area contributed by atoms with E-state index >= 15 is 0 Å². The van der Waals surface area contributed by atoms with Crippen LogP contribution in [0.25, 0.3) is 0 Å². The molecule has 1 unspecified atom stereocenters. The minimum atomic E-state index is -1.05. The van der Waals surface area contributed by atoms with Crippen LogP contribution in [-0.4, -0.2) is 27.7 Å². The Balaban J connectivity index is 2.07. The van der Waals surface area contributed by atoms with E-state index in [1.54, 1.807) is 6.08 Å². The highest BCUT2D eigenvalue weighted by Gasteiger charge is 2.66. The summed E-state index contributed by atoms with van der Waals surface area (Å²) in [5, 5.41) is 22.1. The van der Waals surface area contributed by atoms with Crippen molar-refractivity contribution >= 4 is 5.78 Å². The Labute approximate surface area is 140 Å². The van der Waals surface area contributed by atoms with Crippen LogP contribution in [0.2, 0.25) is 0 Å². The van der Waals surface area contributed by atoms with Crippen LogP contribution in [0, 0.1) is 28.1 Å². The highest BCUT2D eigenvalue weighted by atomic mass is 16.3. The number of carbonyl (C=O) groups is 1. The lowest BCUT2D eigenvalue weighted by atomic mass is 9.41. The largest absolute Gasteiger partial charge is 0.389 e. The van der Waals surface area contributed by atoms with Crippen molar-refractivity contribution in [1.82, 2.24) is 0 Å². The molecule has 0 spiro atoms. The Hall–Kier alpha value is -0.670. The van der Waals surface area contributed by atoms with Crippen LogP contribution in [0.5, 0.6) is 0 Å². The first-order chi connectivity index (χ1) is 10.5. The van der Waals surface area contributed by atoms with Gasteiger partial charge in [0.25, 0.3) is 0 Å². The number of carbonyl (C=O) groups excluding carboxylic acids is 1. The molecule has 0 bridgehead atoms. The van der Waals surface area contributed by atoms with Crippen molar-refractivity contribution in [3.63, 3.8) is 0 Å². The fourth-order valence-electron chi connectivity index (χ4n) is 6.59. The van der Waals surface area contributed by atoms with Gasteiger partial charge in [-0.1, -0.05) is 40.2 Å². The van der Waals surface area contributed by atoms with Gasteiger partial charge in [-0.25, -0.2) is 0 Å². The van der Waals surface area contributed by atoms with Crippen molar-refractivity contribution in [1.29, 1.82) is 0 Å². The molecule has 3 aliphatic carbocycles. The van der Waals surface area contributed by atoms with Crippen LogP contribution < -0.4 is 0 Å². The molecular formula is C20H32O3. The zero-order chi connectivity index (χ0) is 17.3. The van der Waals surface area contributed by atoms with Gasteiger partial charge in [0.05, 0.1) is 11.5 Å². The maximum Gasteiger partial charge on any atom is 0.168 e. The standard InChI is InChI=1S/C20H32O3/c1-6-18(4)12-20(23)11-8-13-17(2,3)9-7-10-19(13,5)15(20)14(21)16(18)22/h6,13,15-16,22-23H,1,7-12H2,2-5H3/t13-,15+,16?,18-,19-,20+/m0/s1. The third-order valence-corrected chi connectivity index (χ3v) is 7.67. The SMILES string of the molecule is C=C[C@@]1(C)C[C@]2(O)CC[C@H]3C(C)(C)CCC[C@]3(C)[C@H]2C(=O)C1O. The van der Waals surface area contributed by atoms with Crippen LogP contribution in [0.4, 0.5) is 0 Å². The number of aliphatic hydroxyl groups excluding tert-OH is 1. The molecule has 0 amide bonds. The molecule has 0 aromatic carbocycles. The van der Waals surface area contributed by atoms with Crippen LogP contribution in [-0.2, 0) is 4.79 Å². The van der Waals surface area contributed by atoms with Gasteiger partial charge >= 0.3 is 0 Å². The van der Waals surface area contributed by atoms with E-state index in [1.165, 1.54) is 6.42 Å². The second kappa shape index (κ2) is 4.92. The molecule has 3 aliphatic rings. The van der Waals surface area contributed by atoms with Crippen LogP contribution in [0.15, 0.2) is 12.7 Å². The zero-order valence-corrected chi connectivity index (χ0v) is 15.1. The van der Waals surface area contributed by atoms with E-state index in [1.807, 2.05) is 6.92 Å². The molecule has 0 heterocycles. The summed E-state index contributed by atoms with van der Waals surface area (Å²) in [6.45, 7) is 12.4. The molecule has 3 fully saturated rings. The fourth-order valence-corrected chi connectivity index (χ4v) is 6.59. The summed E-state index contributed by atoms with van der Waals surface area (Å²) in [4.78, 5) is 13.2. The van der Waals surface area contributed by atoms with Gasteiger partial charge in [-0.3, -0.25) is 4.79 Å². The predicted octanol–water partition coefficient (Wildman–Crippen LogP) is 3.49. The van der Waals surface area contributed by atoms with E-state index in [-0.39, 0.29) is 16.6 Å². The Kier molecular flexibility index (Phi) is 3.67. The normalized spacial score (nSPS) is 52.4. The monoisotopic (exact) mass is 320 g/mol. The van der Waals surface area contributed by atoms with Crippen LogP contribution in [0.1, 0.15) is 66.2 Å². The molecule has 3 saturated carbocycles. The van der Waals surface area contributed by atoms with Gasteiger partial charge in [0.15, 0.2) is 5.78 Å². The lowest BCUT2D eigenvalue weighted by molar-refractivity contribution is -0.215. The Morgan fingerprint density at radius 2 is 1.83 bits per heavy atom. The van der Waals surface area contributed by atoms with Gasteiger partial charge in [0, 0.05) is 5.41 Å². The topological polar surface area (TPSA) is 57.5 Å². The lowest BCUT2D eigenvalue weighted by Gasteiger charge is -2.64. The van der Waals surface area contributed by atoms with Crippen molar-refractivity contribution in [3.05, 3.63) is 12.7 Å². The summed E-state index contributed by atoms with van der Waals surface area (Å²) in [5.74, 6) is -0.180. The first-order valence-electron chi connectivity index (χ1n) is 9.08. The molecule has 0 saturated heterocycles. The summed E-state index contributed by atoms with van der Waals surface area (Å²) in [7, 11) is 0. The number of fused-ring (bicyclic) bond motifs is 3. The van der Waals surface area contributed by atoms with E-state index in [9.17, 15) is 15.0 Å². The second-order valence-corrected chi connectivity index (χ2v) is 9.67.